The molecule has 110 valence electrons. The first kappa shape index (κ1) is 14.5. The maximum Gasteiger partial charge on any atom is 0.285 e. The third-order valence-electron chi connectivity index (χ3n) is 2.80. The van der Waals surface area contributed by atoms with Gasteiger partial charge in [0, 0.05) is 11.6 Å². The van der Waals surface area contributed by atoms with Gasteiger partial charge in [-0.2, -0.15) is 5.10 Å². The lowest BCUT2D eigenvalue weighted by atomic mass is 10.1. The minimum atomic E-state index is -0.627. The summed E-state index contributed by atoms with van der Waals surface area (Å²) in [6, 6.07) is 4.25. The Morgan fingerprint density at radius 1 is 1.52 bits per heavy atom. The van der Waals surface area contributed by atoms with Crippen molar-refractivity contribution in [3.8, 4) is 5.75 Å². The van der Waals surface area contributed by atoms with E-state index in [-0.39, 0.29) is 17.0 Å². The maximum absolute atomic E-state index is 12.3. The van der Waals surface area contributed by atoms with Crippen LogP contribution in [0.25, 0.3) is 0 Å². The summed E-state index contributed by atoms with van der Waals surface area (Å²) in [7, 11) is 0. The lowest BCUT2D eigenvalue weighted by molar-refractivity contribution is -0.385. The number of aromatic nitrogens is 2. The molecule has 0 bridgehead atoms. The monoisotopic (exact) mass is 290 g/mol. The summed E-state index contributed by atoms with van der Waals surface area (Å²) in [6.07, 6.45) is 1.54. The summed E-state index contributed by atoms with van der Waals surface area (Å²) in [6.45, 7) is 3.78. The summed E-state index contributed by atoms with van der Waals surface area (Å²) in [5.41, 5.74) is 0.300. The van der Waals surface area contributed by atoms with E-state index in [2.05, 4.69) is 15.5 Å². The van der Waals surface area contributed by atoms with Crippen LogP contribution in [0.4, 0.5) is 11.5 Å². The lowest BCUT2D eigenvalue weighted by Gasteiger charge is -2.10. The number of amides is 1. The van der Waals surface area contributed by atoms with Crippen molar-refractivity contribution in [2.24, 2.45) is 0 Å². The van der Waals surface area contributed by atoms with Crippen LogP contribution in [0.1, 0.15) is 22.8 Å². The molecular weight excluding hydrogens is 276 g/mol. The molecule has 2 aromatic rings. The molecule has 0 aliphatic rings. The van der Waals surface area contributed by atoms with E-state index in [1.807, 2.05) is 0 Å². The van der Waals surface area contributed by atoms with Crippen LogP contribution in [-0.2, 0) is 0 Å². The Kier molecular flexibility index (Phi) is 4.17. The summed E-state index contributed by atoms with van der Waals surface area (Å²) >= 11 is 0. The molecule has 0 radical (unpaired) electrons. The van der Waals surface area contributed by atoms with E-state index in [9.17, 15) is 14.9 Å². The molecule has 2 N–H and O–H groups in total. The minimum absolute atomic E-state index is 0.113. The van der Waals surface area contributed by atoms with Crippen LogP contribution in [0.2, 0.25) is 0 Å². The van der Waals surface area contributed by atoms with Crippen molar-refractivity contribution >= 4 is 17.4 Å². The molecule has 1 aromatic carbocycles. The zero-order valence-corrected chi connectivity index (χ0v) is 11.5. The minimum Gasteiger partial charge on any atom is -0.493 e. The third kappa shape index (κ3) is 2.99. The zero-order chi connectivity index (χ0) is 15.4. The average molecular weight is 290 g/mol. The molecule has 0 aliphatic carbocycles. The molecule has 8 heteroatoms. The van der Waals surface area contributed by atoms with Crippen LogP contribution in [-0.4, -0.2) is 27.6 Å². The Labute approximate surface area is 120 Å². The molecule has 0 spiro atoms. The molecular formula is C13H14N4O4. The molecule has 1 aromatic heterocycles. The number of carbonyl (C=O) groups is 1. The van der Waals surface area contributed by atoms with Crippen LogP contribution >= 0.6 is 0 Å². The van der Waals surface area contributed by atoms with Crippen LogP contribution in [0, 0.1) is 17.0 Å². The Morgan fingerprint density at radius 3 is 2.86 bits per heavy atom. The van der Waals surface area contributed by atoms with Gasteiger partial charge in [-0.05, 0) is 19.9 Å². The van der Waals surface area contributed by atoms with Gasteiger partial charge in [-0.3, -0.25) is 20.0 Å². The topological polar surface area (TPSA) is 110 Å². The molecule has 0 unspecified atom stereocenters. The van der Waals surface area contributed by atoms with Crippen molar-refractivity contribution in [1.82, 2.24) is 10.2 Å². The fourth-order valence-electron chi connectivity index (χ4n) is 1.82. The fourth-order valence-corrected chi connectivity index (χ4v) is 1.82. The number of nitrogens with zero attached hydrogens (tertiary/aromatic N) is 2. The number of hydrogen-bond donors (Lipinski definition) is 2. The van der Waals surface area contributed by atoms with Crippen molar-refractivity contribution in [3.63, 3.8) is 0 Å². The predicted molar refractivity (Wildman–Crippen MR) is 75.5 cm³/mol. The van der Waals surface area contributed by atoms with Gasteiger partial charge in [-0.1, -0.05) is 6.07 Å². The van der Waals surface area contributed by atoms with Gasteiger partial charge in [0.05, 0.1) is 17.7 Å². The molecule has 1 heterocycles. The smallest absolute Gasteiger partial charge is 0.285 e. The number of aryl methyl sites for hydroxylation is 1. The quantitative estimate of drug-likeness (QED) is 0.648. The summed E-state index contributed by atoms with van der Waals surface area (Å²) in [4.78, 5) is 22.8. The number of nitrogens with one attached hydrogen (secondary N) is 2. The molecule has 2 rings (SSSR count). The maximum atomic E-state index is 12.3. The van der Waals surface area contributed by atoms with Gasteiger partial charge in [0.1, 0.15) is 11.6 Å². The number of hydrogen-bond acceptors (Lipinski definition) is 5. The largest absolute Gasteiger partial charge is 0.493 e. The second-order valence-corrected chi connectivity index (χ2v) is 4.22. The van der Waals surface area contributed by atoms with E-state index in [0.717, 1.165) is 5.56 Å². The number of aromatic amines is 1. The number of nitro groups is 1. The Hall–Kier alpha value is -2.90. The number of ether oxygens (including phenoxy) is 1. The first-order valence-corrected chi connectivity index (χ1v) is 6.26. The second kappa shape index (κ2) is 6.04. The number of nitro benzene ring substituents is 1. The van der Waals surface area contributed by atoms with E-state index < -0.39 is 10.8 Å². The van der Waals surface area contributed by atoms with E-state index >= 15 is 0 Å². The zero-order valence-electron chi connectivity index (χ0n) is 11.5. The van der Waals surface area contributed by atoms with E-state index in [0.29, 0.717) is 12.4 Å². The number of rotatable bonds is 5. The third-order valence-corrected chi connectivity index (χ3v) is 2.80. The number of H-pyrrole nitrogens is 1. The highest BCUT2D eigenvalue weighted by molar-refractivity contribution is 6.08. The van der Waals surface area contributed by atoms with Crippen molar-refractivity contribution in [1.29, 1.82) is 0 Å². The average Bonchev–Trinajstić information content (AvgIpc) is 2.84. The normalized spacial score (nSPS) is 10.2. The molecule has 0 aliphatic heterocycles. The molecule has 1 amide bonds. The summed E-state index contributed by atoms with van der Waals surface area (Å²) < 4.78 is 5.31. The van der Waals surface area contributed by atoms with Gasteiger partial charge in [0.2, 0.25) is 0 Å². The van der Waals surface area contributed by atoms with Crippen LogP contribution in [0.5, 0.6) is 5.75 Å². The standard InChI is InChI=1S/C13H14N4O4/c1-3-21-10-6-4-5-9(17(19)20)11(10)13(18)15-12-8(2)7-14-16-12/h4-7H,3H2,1-2H3,(H2,14,15,16,18). The SMILES string of the molecule is CCOc1cccc([N+](=O)[O-])c1C(=O)Nc1[nH]ncc1C. The number of carbonyl (C=O) groups excluding carboxylic acids is 1. The van der Waals surface area contributed by atoms with Crippen LogP contribution < -0.4 is 10.1 Å². The Bertz CT molecular complexity index is 681. The molecule has 0 saturated heterocycles. The summed E-state index contributed by atoms with van der Waals surface area (Å²) in [5.74, 6) is -0.0694. The van der Waals surface area contributed by atoms with Gasteiger partial charge >= 0.3 is 0 Å². The molecule has 0 fully saturated rings. The van der Waals surface area contributed by atoms with E-state index in [4.69, 9.17) is 4.74 Å². The van der Waals surface area contributed by atoms with Gasteiger partial charge < -0.3 is 10.1 Å². The predicted octanol–water partition coefficient (Wildman–Crippen LogP) is 2.28. The van der Waals surface area contributed by atoms with Crippen molar-refractivity contribution in [2.75, 3.05) is 11.9 Å². The highest BCUT2D eigenvalue weighted by atomic mass is 16.6. The van der Waals surface area contributed by atoms with Gasteiger partial charge in [0.25, 0.3) is 11.6 Å². The fraction of sp³-hybridized carbons (Fsp3) is 0.231. The number of benzene rings is 1. The van der Waals surface area contributed by atoms with Gasteiger partial charge in [-0.15, -0.1) is 0 Å². The summed E-state index contributed by atoms with van der Waals surface area (Å²) in [5, 5.41) is 20.1. The van der Waals surface area contributed by atoms with E-state index in [1.165, 1.54) is 18.2 Å². The molecule has 8 nitrogen and oxygen atoms in total. The van der Waals surface area contributed by atoms with E-state index in [1.54, 1.807) is 20.0 Å². The van der Waals surface area contributed by atoms with Crippen molar-refractivity contribution in [2.45, 2.75) is 13.8 Å². The lowest BCUT2D eigenvalue weighted by Crippen LogP contribution is -2.16. The molecule has 0 saturated carbocycles. The number of anilines is 1. The van der Waals surface area contributed by atoms with Crippen molar-refractivity contribution < 1.29 is 14.5 Å². The highest BCUT2D eigenvalue weighted by Crippen LogP contribution is 2.29. The second-order valence-electron chi connectivity index (χ2n) is 4.22. The van der Waals surface area contributed by atoms with Crippen molar-refractivity contribution in [3.05, 3.63) is 45.6 Å². The van der Waals surface area contributed by atoms with Gasteiger partial charge in [0.15, 0.2) is 5.56 Å². The molecule has 21 heavy (non-hydrogen) atoms. The van der Waals surface area contributed by atoms with Crippen LogP contribution in [0.3, 0.4) is 0 Å². The Morgan fingerprint density at radius 2 is 2.29 bits per heavy atom. The molecule has 0 atom stereocenters. The first-order valence-electron chi connectivity index (χ1n) is 6.26. The van der Waals surface area contributed by atoms with Gasteiger partial charge in [-0.25, -0.2) is 0 Å². The first-order chi connectivity index (χ1) is 10.0. The Balaban J connectivity index is 2.42. The highest BCUT2D eigenvalue weighted by Gasteiger charge is 2.25. The van der Waals surface area contributed by atoms with Crippen LogP contribution in [0.15, 0.2) is 24.4 Å².